The predicted molar refractivity (Wildman–Crippen MR) is 117 cm³/mol. The monoisotopic (exact) mass is 415 g/mol. The first-order valence-electron chi connectivity index (χ1n) is 8.47. The first-order valence-corrected chi connectivity index (χ1v) is 9.64. The molecule has 0 fully saturated rings. The number of thiocarbonyl (C=S) groups is 1. The molecule has 0 saturated heterocycles. The van der Waals surface area contributed by atoms with Crippen LogP contribution in [0.25, 0.3) is 0 Å². The van der Waals surface area contributed by atoms with Gasteiger partial charge in [-0.1, -0.05) is 53.5 Å². The molecule has 0 amide bonds. The molecule has 0 aliphatic rings. The summed E-state index contributed by atoms with van der Waals surface area (Å²) in [7, 11) is 0. The summed E-state index contributed by atoms with van der Waals surface area (Å²) >= 11 is 18.3. The molecule has 0 unspecified atom stereocenters. The smallest absolute Gasteiger partial charge is 0.174 e. The number of nitrogens with zero attached hydrogens (tertiary/aromatic N) is 2. The topological polar surface area (TPSA) is 28.2 Å². The van der Waals surface area contributed by atoms with Gasteiger partial charge in [0.15, 0.2) is 5.11 Å². The fourth-order valence-corrected chi connectivity index (χ4v) is 3.24. The van der Waals surface area contributed by atoms with Gasteiger partial charge in [-0.25, -0.2) is 0 Å². The maximum atomic E-state index is 6.35. The van der Waals surface area contributed by atoms with Gasteiger partial charge in [-0.05, 0) is 60.1 Å². The lowest BCUT2D eigenvalue weighted by molar-refractivity contribution is 0.412. The third-order valence-corrected chi connectivity index (χ3v) is 5.26. The van der Waals surface area contributed by atoms with E-state index >= 15 is 0 Å². The van der Waals surface area contributed by atoms with E-state index < -0.39 is 0 Å². The van der Waals surface area contributed by atoms with Crippen molar-refractivity contribution in [2.45, 2.75) is 20.0 Å². The minimum atomic E-state index is 0.583. The highest BCUT2D eigenvalue weighted by molar-refractivity contribution is 7.80. The highest BCUT2D eigenvalue weighted by Gasteiger charge is 2.14. The molecule has 1 heterocycles. The molecule has 0 aliphatic carbocycles. The van der Waals surface area contributed by atoms with Gasteiger partial charge in [0.05, 0.1) is 0 Å². The average Bonchev–Trinajstić information content (AvgIpc) is 2.66. The van der Waals surface area contributed by atoms with Crippen LogP contribution in [0.1, 0.15) is 16.7 Å². The molecule has 0 atom stereocenters. The summed E-state index contributed by atoms with van der Waals surface area (Å²) in [4.78, 5) is 6.25. The Balaban J connectivity index is 1.82. The highest BCUT2D eigenvalue weighted by atomic mass is 35.5. The Morgan fingerprint density at radius 2 is 1.85 bits per heavy atom. The van der Waals surface area contributed by atoms with Crippen LogP contribution in [0.15, 0.2) is 67.0 Å². The number of aryl methyl sites for hydroxylation is 1. The maximum Gasteiger partial charge on any atom is 0.174 e. The summed E-state index contributed by atoms with van der Waals surface area (Å²) in [6.45, 7) is 3.17. The Morgan fingerprint density at radius 3 is 2.56 bits per heavy atom. The summed E-state index contributed by atoms with van der Waals surface area (Å²) in [6.07, 6.45) is 3.59. The normalized spacial score (nSPS) is 10.5. The standard InChI is InChI=1S/C21H19Cl2N3S/c1-15-8-9-18(11-20(15)23)25-21(27)26(13-16-5-4-10-24-12-16)14-17-6-2-3-7-19(17)22/h2-12H,13-14H2,1H3,(H,25,27). The zero-order chi connectivity index (χ0) is 19.2. The Hall–Kier alpha value is -2.14. The fraction of sp³-hybridized carbons (Fsp3) is 0.143. The Bertz CT molecular complexity index is 932. The minimum absolute atomic E-state index is 0.583. The van der Waals surface area contributed by atoms with E-state index in [0.717, 1.165) is 27.4 Å². The first kappa shape index (κ1) is 19.6. The van der Waals surface area contributed by atoms with Crippen LogP contribution in [-0.2, 0) is 13.1 Å². The number of halogens is 2. The molecule has 138 valence electrons. The second kappa shape index (κ2) is 9.18. The molecule has 3 rings (SSSR count). The molecule has 0 aliphatic heterocycles. The van der Waals surface area contributed by atoms with Crippen molar-refractivity contribution in [2.24, 2.45) is 0 Å². The molecule has 1 N–H and O–H groups in total. The van der Waals surface area contributed by atoms with Crippen molar-refractivity contribution in [1.82, 2.24) is 9.88 Å². The van der Waals surface area contributed by atoms with E-state index in [2.05, 4.69) is 15.2 Å². The summed E-state index contributed by atoms with van der Waals surface area (Å²) in [5.74, 6) is 0. The van der Waals surface area contributed by atoms with Crippen molar-refractivity contribution in [3.8, 4) is 0 Å². The number of nitrogens with one attached hydrogen (secondary N) is 1. The van der Waals surface area contributed by atoms with E-state index in [9.17, 15) is 0 Å². The van der Waals surface area contributed by atoms with E-state index in [1.165, 1.54) is 0 Å². The lowest BCUT2D eigenvalue weighted by Crippen LogP contribution is -2.34. The molecule has 3 aromatic rings. The number of rotatable bonds is 5. The number of aromatic nitrogens is 1. The van der Waals surface area contributed by atoms with E-state index in [-0.39, 0.29) is 0 Å². The van der Waals surface area contributed by atoms with Crippen molar-refractivity contribution in [2.75, 3.05) is 5.32 Å². The van der Waals surface area contributed by atoms with Crippen molar-refractivity contribution in [1.29, 1.82) is 0 Å². The van der Waals surface area contributed by atoms with Gasteiger partial charge in [-0.2, -0.15) is 0 Å². The molecular formula is C21H19Cl2N3S. The van der Waals surface area contributed by atoms with E-state index in [4.69, 9.17) is 35.4 Å². The van der Waals surface area contributed by atoms with Gasteiger partial charge in [0, 0.05) is 41.2 Å². The lowest BCUT2D eigenvalue weighted by atomic mass is 10.2. The van der Waals surface area contributed by atoms with Gasteiger partial charge in [0.1, 0.15) is 0 Å². The second-order valence-electron chi connectivity index (χ2n) is 6.20. The van der Waals surface area contributed by atoms with Crippen LogP contribution in [0.2, 0.25) is 10.0 Å². The SMILES string of the molecule is Cc1ccc(NC(=S)N(Cc2cccnc2)Cc2ccccc2Cl)cc1Cl. The number of benzene rings is 2. The second-order valence-corrected chi connectivity index (χ2v) is 7.40. The summed E-state index contributed by atoms with van der Waals surface area (Å²) in [5, 5.41) is 5.29. The van der Waals surface area contributed by atoms with Crippen molar-refractivity contribution in [3.63, 3.8) is 0 Å². The molecule has 0 spiro atoms. The molecular weight excluding hydrogens is 397 g/mol. The summed E-state index contributed by atoms with van der Waals surface area (Å²) < 4.78 is 0. The Morgan fingerprint density at radius 1 is 1.04 bits per heavy atom. The Kier molecular flexibility index (Phi) is 6.67. The van der Waals surface area contributed by atoms with Gasteiger partial charge < -0.3 is 10.2 Å². The quantitative estimate of drug-likeness (QED) is 0.509. The molecule has 2 aromatic carbocycles. The van der Waals surface area contributed by atoms with Gasteiger partial charge in [0.25, 0.3) is 0 Å². The highest BCUT2D eigenvalue weighted by Crippen LogP contribution is 2.22. The largest absolute Gasteiger partial charge is 0.340 e. The maximum absolute atomic E-state index is 6.35. The molecule has 1 aromatic heterocycles. The van der Waals surface area contributed by atoms with Crippen molar-refractivity contribution < 1.29 is 0 Å². The first-order chi connectivity index (χ1) is 13.0. The van der Waals surface area contributed by atoms with Crippen molar-refractivity contribution in [3.05, 3.63) is 93.7 Å². The van der Waals surface area contributed by atoms with Gasteiger partial charge in [0.2, 0.25) is 0 Å². The van der Waals surface area contributed by atoms with Crippen LogP contribution in [0.3, 0.4) is 0 Å². The third kappa shape index (κ3) is 5.42. The minimum Gasteiger partial charge on any atom is -0.340 e. The fourth-order valence-electron chi connectivity index (χ4n) is 2.62. The van der Waals surface area contributed by atoms with Crippen LogP contribution in [0.4, 0.5) is 5.69 Å². The average molecular weight is 416 g/mol. The Labute approximate surface area is 175 Å². The molecule has 0 radical (unpaired) electrons. The molecule has 6 heteroatoms. The van der Waals surface area contributed by atoms with Crippen LogP contribution < -0.4 is 5.32 Å². The van der Waals surface area contributed by atoms with Crippen LogP contribution in [0.5, 0.6) is 0 Å². The van der Waals surface area contributed by atoms with E-state index in [1.54, 1.807) is 6.20 Å². The molecule has 27 heavy (non-hydrogen) atoms. The van der Waals surface area contributed by atoms with E-state index in [1.807, 2.05) is 67.7 Å². The number of hydrogen-bond donors (Lipinski definition) is 1. The number of pyridine rings is 1. The van der Waals surface area contributed by atoms with Crippen LogP contribution in [-0.4, -0.2) is 15.0 Å². The molecule has 0 saturated carbocycles. The number of anilines is 1. The van der Waals surface area contributed by atoms with E-state index in [0.29, 0.717) is 23.2 Å². The van der Waals surface area contributed by atoms with Crippen LogP contribution in [0, 0.1) is 6.92 Å². The lowest BCUT2D eigenvalue weighted by Gasteiger charge is -2.26. The zero-order valence-corrected chi connectivity index (χ0v) is 17.2. The molecule has 0 bridgehead atoms. The third-order valence-electron chi connectivity index (χ3n) is 4.13. The summed E-state index contributed by atoms with van der Waals surface area (Å²) in [5.41, 5.74) is 3.95. The molecule has 3 nitrogen and oxygen atoms in total. The van der Waals surface area contributed by atoms with Gasteiger partial charge in [-0.15, -0.1) is 0 Å². The van der Waals surface area contributed by atoms with Crippen LogP contribution >= 0.6 is 35.4 Å². The predicted octanol–water partition coefficient (Wildman–Crippen LogP) is 6.10. The summed E-state index contributed by atoms with van der Waals surface area (Å²) in [6, 6.07) is 17.5. The van der Waals surface area contributed by atoms with Gasteiger partial charge >= 0.3 is 0 Å². The zero-order valence-electron chi connectivity index (χ0n) is 14.8. The van der Waals surface area contributed by atoms with Gasteiger partial charge in [-0.3, -0.25) is 4.98 Å². The number of hydrogen-bond acceptors (Lipinski definition) is 2. The van der Waals surface area contributed by atoms with Crippen molar-refractivity contribution >= 4 is 46.2 Å².